The molecule has 0 radical (unpaired) electrons. The molecular weight excluding hydrogens is 455 g/mol. The number of rotatable bonds is 5. The molecule has 0 unspecified atom stereocenters. The van der Waals surface area contributed by atoms with Gasteiger partial charge in [-0.25, -0.2) is 14.4 Å². The summed E-state index contributed by atoms with van der Waals surface area (Å²) in [6, 6.07) is 14.3. The summed E-state index contributed by atoms with van der Waals surface area (Å²) in [6.07, 6.45) is 5.24. The lowest BCUT2D eigenvalue weighted by Crippen LogP contribution is -2.23. The number of amides is 1. The largest absolute Gasteiger partial charge is 0.348 e. The summed E-state index contributed by atoms with van der Waals surface area (Å²) in [5, 5.41) is 7.00. The first-order chi connectivity index (χ1) is 17.2. The predicted octanol–water partition coefficient (Wildman–Crippen LogP) is 5.39. The second kappa shape index (κ2) is 9.03. The fraction of sp³-hybridized carbons (Fsp3) is 0.214. The quantitative estimate of drug-likeness (QED) is 0.351. The zero-order valence-electron chi connectivity index (χ0n) is 20.6. The van der Waals surface area contributed by atoms with Crippen LogP contribution < -0.4 is 5.32 Å². The van der Waals surface area contributed by atoms with Gasteiger partial charge in [0, 0.05) is 42.7 Å². The lowest BCUT2D eigenvalue weighted by molar-refractivity contribution is 0.0950. The highest BCUT2D eigenvalue weighted by Crippen LogP contribution is 2.29. The number of carbonyl (C=O) groups excluding carboxylic acids is 1. The molecule has 182 valence electrons. The summed E-state index contributed by atoms with van der Waals surface area (Å²) in [5.74, 6) is 0.0106. The Morgan fingerprint density at radius 1 is 1.08 bits per heavy atom. The lowest BCUT2D eigenvalue weighted by Gasteiger charge is -2.19. The van der Waals surface area contributed by atoms with Crippen molar-refractivity contribution in [2.24, 2.45) is 7.05 Å². The number of nitrogens with zero attached hydrogens (tertiary/aromatic N) is 4. The van der Waals surface area contributed by atoms with E-state index in [1.165, 1.54) is 6.07 Å². The number of hydrogen-bond acceptors (Lipinski definition) is 4. The van der Waals surface area contributed by atoms with Gasteiger partial charge in [-0.2, -0.15) is 5.10 Å². The summed E-state index contributed by atoms with van der Waals surface area (Å²) >= 11 is 0. The number of fused-ring (bicyclic) bond motifs is 1. The molecule has 0 aliphatic heterocycles. The van der Waals surface area contributed by atoms with Crippen molar-refractivity contribution >= 4 is 17.1 Å². The molecule has 0 saturated carbocycles. The second-order valence-corrected chi connectivity index (χ2v) is 9.86. The Morgan fingerprint density at radius 3 is 2.53 bits per heavy atom. The predicted molar refractivity (Wildman–Crippen MR) is 138 cm³/mol. The van der Waals surface area contributed by atoms with Crippen molar-refractivity contribution in [3.05, 3.63) is 89.6 Å². The van der Waals surface area contributed by atoms with Crippen molar-refractivity contribution in [2.45, 2.75) is 32.7 Å². The van der Waals surface area contributed by atoms with Crippen LogP contribution in [-0.2, 0) is 19.0 Å². The first-order valence-corrected chi connectivity index (χ1v) is 11.7. The van der Waals surface area contributed by atoms with E-state index in [0.29, 0.717) is 28.2 Å². The summed E-state index contributed by atoms with van der Waals surface area (Å²) in [4.78, 5) is 24.8. The van der Waals surface area contributed by atoms with Crippen molar-refractivity contribution in [3.63, 3.8) is 0 Å². The summed E-state index contributed by atoms with van der Waals surface area (Å²) in [7, 11) is 1.84. The second-order valence-electron chi connectivity index (χ2n) is 9.86. The normalized spacial score (nSPS) is 11.7. The molecule has 0 atom stereocenters. The Balaban J connectivity index is 1.34. The molecule has 8 heteroatoms. The molecule has 0 saturated heterocycles. The minimum atomic E-state index is -0.396. The van der Waals surface area contributed by atoms with Crippen LogP contribution in [0, 0.1) is 5.82 Å². The van der Waals surface area contributed by atoms with Crippen molar-refractivity contribution in [2.75, 3.05) is 0 Å². The van der Waals surface area contributed by atoms with Gasteiger partial charge in [0.25, 0.3) is 5.91 Å². The molecule has 1 amide bonds. The Bertz CT molecular complexity index is 1560. The molecule has 3 heterocycles. The first-order valence-electron chi connectivity index (χ1n) is 11.7. The van der Waals surface area contributed by atoms with E-state index in [4.69, 9.17) is 0 Å². The van der Waals surface area contributed by atoms with Crippen LogP contribution in [0.2, 0.25) is 0 Å². The van der Waals surface area contributed by atoms with Crippen LogP contribution in [-0.4, -0.2) is 30.6 Å². The molecule has 36 heavy (non-hydrogen) atoms. The number of H-pyrrole nitrogens is 1. The van der Waals surface area contributed by atoms with E-state index in [-0.39, 0.29) is 17.9 Å². The molecule has 2 aromatic carbocycles. The van der Waals surface area contributed by atoms with Gasteiger partial charge in [0.05, 0.1) is 17.3 Å². The number of benzene rings is 2. The summed E-state index contributed by atoms with van der Waals surface area (Å²) in [5.41, 5.74) is 5.69. The fourth-order valence-corrected chi connectivity index (χ4v) is 4.09. The van der Waals surface area contributed by atoms with Gasteiger partial charge in [0.2, 0.25) is 0 Å². The molecular formula is C28H27FN6O. The molecule has 2 N–H and O–H groups in total. The van der Waals surface area contributed by atoms with Gasteiger partial charge in [0.1, 0.15) is 11.6 Å². The number of hydrogen-bond donors (Lipinski definition) is 2. The van der Waals surface area contributed by atoms with Crippen molar-refractivity contribution in [1.29, 1.82) is 0 Å². The fourth-order valence-electron chi connectivity index (χ4n) is 4.09. The molecule has 5 rings (SSSR count). The van der Waals surface area contributed by atoms with Gasteiger partial charge in [-0.1, -0.05) is 45.0 Å². The van der Waals surface area contributed by atoms with Gasteiger partial charge in [0.15, 0.2) is 5.65 Å². The van der Waals surface area contributed by atoms with E-state index in [1.807, 2.05) is 37.5 Å². The zero-order valence-corrected chi connectivity index (χ0v) is 20.6. The first kappa shape index (κ1) is 23.4. The van der Waals surface area contributed by atoms with E-state index in [9.17, 15) is 4.79 Å². The molecule has 7 nitrogen and oxygen atoms in total. The number of imidazole rings is 1. The highest BCUT2D eigenvalue weighted by Gasteiger charge is 2.16. The van der Waals surface area contributed by atoms with Crippen molar-refractivity contribution < 1.29 is 9.18 Å². The van der Waals surface area contributed by atoms with Crippen LogP contribution in [0.4, 0.5) is 4.39 Å². The zero-order chi connectivity index (χ0) is 25.4. The van der Waals surface area contributed by atoms with Crippen LogP contribution in [0.25, 0.3) is 33.7 Å². The summed E-state index contributed by atoms with van der Waals surface area (Å²) in [6.45, 7) is 6.46. The number of carbonyl (C=O) groups is 1. The third-order valence-corrected chi connectivity index (χ3v) is 6.19. The Labute approximate surface area is 208 Å². The molecule has 0 spiro atoms. The Kier molecular flexibility index (Phi) is 5.88. The number of aryl methyl sites for hydroxylation is 1. The van der Waals surface area contributed by atoms with Crippen LogP contribution in [0.15, 0.2) is 67.1 Å². The van der Waals surface area contributed by atoms with E-state index >= 15 is 4.39 Å². The number of nitrogens with one attached hydrogen (secondary N) is 2. The van der Waals surface area contributed by atoms with E-state index < -0.39 is 5.82 Å². The number of aromatic nitrogens is 5. The Morgan fingerprint density at radius 2 is 1.86 bits per heavy atom. The SMILES string of the molecule is Cn1cc(-c2nc3nccc(-c4ccc(CNC(=O)c5ccc(C(C)(C)C)cc5)c(F)c4)c3[nH]2)cn1. The van der Waals surface area contributed by atoms with Gasteiger partial charge < -0.3 is 10.3 Å². The average molecular weight is 483 g/mol. The molecule has 0 aliphatic rings. The third-order valence-electron chi connectivity index (χ3n) is 6.19. The molecule has 3 aromatic heterocycles. The van der Waals surface area contributed by atoms with Crippen LogP contribution in [0.1, 0.15) is 42.3 Å². The van der Waals surface area contributed by atoms with Crippen LogP contribution in [0.5, 0.6) is 0 Å². The van der Waals surface area contributed by atoms with E-state index in [2.05, 4.69) is 46.1 Å². The molecule has 0 aliphatic carbocycles. The average Bonchev–Trinajstić information content (AvgIpc) is 3.48. The number of halogens is 1. The smallest absolute Gasteiger partial charge is 0.251 e. The highest BCUT2D eigenvalue weighted by molar-refractivity contribution is 5.94. The van der Waals surface area contributed by atoms with Crippen molar-refractivity contribution in [3.8, 4) is 22.5 Å². The third kappa shape index (κ3) is 4.62. The van der Waals surface area contributed by atoms with Gasteiger partial charge in [-0.15, -0.1) is 0 Å². The molecule has 0 fully saturated rings. The number of pyridine rings is 1. The maximum Gasteiger partial charge on any atom is 0.251 e. The van der Waals surface area contributed by atoms with Gasteiger partial charge >= 0.3 is 0 Å². The lowest BCUT2D eigenvalue weighted by atomic mass is 9.87. The Hall–Kier alpha value is -4.33. The van der Waals surface area contributed by atoms with Crippen molar-refractivity contribution in [1.82, 2.24) is 30.0 Å². The van der Waals surface area contributed by atoms with Crippen LogP contribution in [0.3, 0.4) is 0 Å². The topological polar surface area (TPSA) is 88.5 Å². The maximum absolute atomic E-state index is 15.0. The van der Waals surface area contributed by atoms with Gasteiger partial charge in [-0.3, -0.25) is 9.48 Å². The minimum absolute atomic E-state index is 0.0107. The van der Waals surface area contributed by atoms with Gasteiger partial charge in [-0.05, 0) is 40.8 Å². The standard InChI is InChI=1S/C28H27FN6O/c1-28(2,3)21-9-7-17(8-10-21)27(36)31-14-19-6-5-18(13-23(19)29)22-11-12-30-26-24(22)33-25(34-26)20-15-32-35(4)16-20/h5-13,15-16H,14H2,1-4H3,(H,31,36)(H,30,33,34). The monoisotopic (exact) mass is 482 g/mol. The summed E-state index contributed by atoms with van der Waals surface area (Å²) < 4.78 is 16.7. The van der Waals surface area contributed by atoms with E-state index in [0.717, 1.165) is 22.2 Å². The molecule has 5 aromatic rings. The molecule has 0 bridgehead atoms. The van der Waals surface area contributed by atoms with E-state index in [1.54, 1.807) is 35.3 Å². The van der Waals surface area contributed by atoms with Crippen LogP contribution >= 0.6 is 0 Å². The number of aromatic amines is 1. The maximum atomic E-state index is 15.0. The highest BCUT2D eigenvalue weighted by atomic mass is 19.1. The minimum Gasteiger partial charge on any atom is -0.348 e.